The molecular weight excluding hydrogens is 208 g/mol. The Labute approximate surface area is 105 Å². The van der Waals surface area contributed by atoms with Crippen molar-refractivity contribution in [3.05, 3.63) is 30.1 Å². The summed E-state index contributed by atoms with van der Waals surface area (Å²) in [6.45, 7) is 4.47. The number of nitrogens with one attached hydrogen (secondary N) is 1. The molecule has 1 aromatic heterocycles. The molecule has 1 unspecified atom stereocenters. The van der Waals surface area contributed by atoms with Crippen molar-refractivity contribution in [2.75, 3.05) is 13.1 Å². The van der Waals surface area contributed by atoms with E-state index in [-0.39, 0.29) is 0 Å². The molecule has 0 aliphatic heterocycles. The van der Waals surface area contributed by atoms with Gasteiger partial charge in [0.1, 0.15) is 0 Å². The van der Waals surface area contributed by atoms with E-state index in [4.69, 9.17) is 0 Å². The summed E-state index contributed by atoms with van der Waals surface area (Å²) < 4.78 is 0. The van der Waals surface area contributed by atoms with Crippen molar-refractivity contribution in [3.63, 3.8) is 0 Å². The van der Waals surface area contributed by atoms with Crippen LogP contribution in [0.1, 0.15) is 50.5 Å². The van der Waals surface area contributed by atoms with Gasteiger partial charge in [0, 0.05) is 24.9 Å². The first-order valence-electron chi connectivity index (χ1n) is 7.02. The molecule has 0 amide bonds. The second-order valence-electron chi connectivity index (χ2n) is 5.14. The Morgan fingerprint density at radius 1 is 1.41 bits per heavy atom. The Kier molecular flexibility index (Phi) is 4.99. The maximum Gasteiger partial charge on any atom is 0.0303 e. The summed E-state index contributed by atoms with van der Waals surface area (Å²) in [5.74, 6) is 1.53. The molecule has 2 nitrogen and oxygen atoms in total. The highest BCUT2D eigenvalue weighted by molar-refractivity contribution is 5.16. The number of pyridine rings is 1. The minimum absolute atomic E-state index is 0.665. The van der Waals surface area contributed by atoms with Crippen LogP contribution in [0.2, 0.25) is 0 Å². The SMILES string of the molecule is CCCNCC(c1cccnc1)C1CCCC1. The van der Waals surface area contributed by atoms with Gasteiger partial charge in [0.05, 0.1) is 0 Å². The maximum atomic E-state index is 4.28. The molecule has 0 spiro atoms. The van der Waals surface area contributed by atoms with Crippen molar-refractivity contribution in [1.29, 1.82) is 0 Å². The summed E-state index contributed by atoms with van der Waals surface area (Å²) in [5.41, 5.74) is 1.42. The highest BCUT2D eigenvalue weighted by Crippen LogP contribution is 2.36. The van der Waals surface area contributed by atoms with Gasteiger partial charge in [0.25, 0.3) is 0 Å². The lowest BCUT2D eigenvalue weighted by Gasteiger charge is -2.24. The lowest BCUT2D eigenvalue weighted by atomic mass is 9.85. The fourth-order valence-corrected chi connectivity index (χ4v) is 2.95. The monoisotopic (exact) mass is 232 g/mol. The molecule has 1 heterocycles. The predicted molar refractivity (Wildman–Crippen MR) is 72.1 cm³/mol. The molecule has 0 radical (unpaired) electrons. The van der Waals surface area contributed by atoms with E-state index in [2.05, 4.69) is 35.6 Å². The van der Waals surface area contributed by atoms with Gasteiger partial charge in [-0.3, -0.25) is 4.98 Å². The molecule has 0 aromatic carbocycles. The van der Waals surface area contributed by atoms with Crippen LogP contribution in [0.5, 0.6) is 0 Å². The van der Waals surface area contributed by atoms with Crippen molar-refractivity contribution in [2.45, 2.75) is 44.9 Å². The molecule has 1 aliphatic rings. The van der Waals surface area contributed by atoms with E-state index in [0.717, 1.165) is 19.0 Å². The minimum atomic E-state index is 0.665. The number of hydrogen-bond donors (Lipinski definition) is 1. The molecular formula is C15H24N2. The Hall–Kier alpha value is -0.890. The second-order valence-corrected chi connectivity index (χ2v) is 5.14. The van der Waals surface area contributed by atoms with Gasteiger partial charge >= 0.3 is 0 Å². The standard InChI is InChI=1S/C15H24N2/c1-2-9-16-12-15(13-6-3-4-7-13)14-8-5-10-17-11-14/h5,8,10-11,13,15-16H,2-4,6-7,9,12H2,1H3. The highest BCUT2D eigenvalue weighted by atomic mass is 14.9. The highest BCUT2D eigenvalue weighted by Gasteiger charge is 2.25. The van der Waals surface area contributed by atoms with E-state index in [9.17, 15) is 0 Å². The van der Waals surface area contributed by atoms with Crippen LogP contribution in [0, 0.1) is 5.92 Å². The average Bonchev–Trinajstić information content (AvgIpc) is 2.89. The van der Waals surface area contributed by atoms with Crippen molar-refractivity contribution in [1.82, 2.24) is 10.3 Å². The normalized spacial score (nSPS) is 18.4. The topological polar surface area (TPSA) is 24.9 Å². The zero-order chi connectivity index (χ0) is 11.9. The summed E-state index contributed by atoms with van der Waals surface area (Å²) in [6, 6.07) is 4.31. The van der Waals surface area contributed by atoms with Crippen LogP contribution < -0.4 is 5.32 Å². The van der Waals surface area contributed by atoms with Crippen LogP contribution in [0.15, 0.2) is 24.5 Å². The van der Waals surface area contributed by atoms with Crippen LogP contribution in [0.3, 0.4) is 0 Å². The van der Waals surface area contributed by atoms with Gasteiger partial charge in [0.2, 0.25) is 0 Å². The van der Waals surface area contributed by atoms with E-state index in [1.54, 1.807) is 0 Å². The molecule has 17 heavy (non-hydrogen) atoms. The minimum Gasteiger partial charge on any atom is -0.316 e. The molecule has 2 rings (SSSR count). The largest absolute Gasteiger partial charge is 0.316 e. The van der Waals surface area contributed by atoms with Gasteiger partial charge in [-0.05, 0) is 43.4 Å². The third kappa shape index (κ3) is 3.53. The fraction of sp³-hybridized carbons (Fsp3) is 0.667. The summed E-state index contributed by atoms with van der Waals surface area (Å²) in [4.78, 5) is 4.28. The summed E-state index contributed by atoms with van der Waals surface area (Å²) in [6.07, 6.45) is 10.8. The average molecular weight is 232 g/mol. The quantitative estimate of drug-likeness (QED) is 0.761. The first-order valence-corrected chi connectivity index (χ1v) is 7.02. The molecule has 1 saturated carbocycles. The van der Waals surface area contributed by atoms with Crippen molar-refractivity contribution >= 4 is 0 Å². The van der Waals surface area contributed by atoms with Crippen LogP contribution in [-0.4, -0.2) is 18.1 Å². The molecule has 1 aliphatic carbocycles. The Balaban J connectivity index is 2.01. The molecule has 94 valence electrons. The smallest absolute Gasteiger partial charge is 0.0303 e. The number of nitrogens with zero attached hydrogens (tertiary/aromatic N) is 1. The van der Waals surface area contributed by atoms with E-state index in [1.165, 1.54) is 37.7 Å². The third-order valence-electron chi connectivity index (χ3n) is 3.87. The molecule has 2 heteroatoms. The van der Waals surface area contributed by atoms with Gasteiger partial charge in [-0.1, -0.05) is 25.8 Å². The Morgan fingerprint density at radius 3 is 2.88 bits per heavy atom. The predicted octanol–water partition coefficient (Wildman–Crippen LogP) is 3.36. The van der Waals surface area contributed by atoms with Gasteiger partial charge in [0.15, 0.2) is 0 Å². The third-order valence-corrected chi connectivity index (χ3v) is 3.87. The van der Waals surface area contributed by atoms with E-state index in [1.807, 2.05) is 6.20 Å². The van der Waals surface area contributed by atoms with Gasteiger partial charge in [-0.15, -0.1) is 0 Å². The van der Waals surface area contributed by atoms with Crippen LogP contribution in [0.4, 0.5) is 0 Å². The summed E-state index contributed by atoms with van der Waals surface area (Å²) >= 11 is 0. The van der Waals surface area contributed by atoms with E-state index >= 15 is 0 Å². The van der Waals surface area contributed by atoms with E-state index in [0.29, 0.717) is 5.92 Å². The van der Waals surface area contributed by atoms with E-state index < -0.39 is 0 Å². The lowest BCUT2D eigenvalue weighted by molar-refractivity contribution is 0.410. The molecule has 1 N–H and O–H groups in total. The summed E-state index contributed by atoms with van der Waals surface area (Å²) in [5, 5.41) is 3.58. The van der Waals surface area contributed by atoms with Gasteiger partial charge in [-0.25, -0.2) is 0 Å². The first kappa shape index (κ1) is 12.6. The van der Waals surface area contributed by atoms with Crippen molar-refractivity contribution in [2.24, 2.45) is 5.92 Å². The summed E-state index contributed by atoms with van der Waals surface area (Å²) in [7, 11) is 0. The van der Waals surface area contributed by atoms with Crippen LogP contribution >= 0.6 is 0 Å². The van der Waals surface area contributed by atoms with Gasteiger partial charge in [-0.2, -0.15) is 0 Å². The number of aromatic nitrogens is 1. The lowest BCUT2D eigenvalue weighted by Crippen LogP contribution is -2.26. The molecule has 1 fully saturated rings. The fourth-order valence-electron chi connectivity index (χ4n) is 2.95. The Morgan fingerprint density at radius 2 is 2.24 bits per heavy atom. The number of rotatable bonds is 6. The van der Waals surface area contributed by atoms with Crippen molar-refractivity contribution < 1.29 is 0 Å². The zero-order valence-electron chi connectivity index (χ0n) is 10.9. The van der Waals surface area contributed by atoms with Crippen molar-refractivity contribution in [3.8, 4) is 0 Å². The van der Waals surface area contributed by atoms with Gasteiger partial charge < -0.3 is 5.32 Å². The molecule has 0 saturated heterocycles. The van der Waals surface area contributed by atoms with Crippen LogP contribution in [0.25, 0.3) is 0 Å². The molecule has 1 atom stereocenters. The first-order chi connectivity index (χ1) is 8.42. The maximum absolute atomic E-state index is 4.28. The second kappa shape index (κ2) is 6.75. The zero-order valence-corrected chi connectivity index (χ0v) is 10.9. The number of hydrogen-bond acceptors (Lipinski definition) is 2. The van der Waals surface area contributed by atoms with Crippen LogP contribution in [-0.2, 0) is 0 Å². The molecule has 0 bridgehead atoms. The molecule has 1 aromatic rings. The Bertz CT molecular complexity index is 304.